The summed E-state index contributed by atoms with van der Waals surface area (Å²) in [6.45, 7) is 9.49. The van der Waals surface area contributed by atoms with Crippen molar-refractivity contribution in [2.24, 2.45) is 0 Å². The van der Waals surface area contributed by atoms with Crippen LogP contribution in [0.5, 0.6) is 0 Å². The predicted octanol–water partition coefficient (Wildman–Crippen LogP) is 2.24. The normalized spacial score (nSPS) is 21.4. The van der Waals surface area contributed by atoms with Crippen molar-refractivity contribution in [3.8, 4) is 0 Å². The summed E-state index contributed by atoms with van der Waals surface area (Å²) in [7, 11) is 0. The summed E-state index contributed by atoms with van der Waals surface area (Å²) in [5.41, 5.74) is 1.76. The van der Waals surface area contributed by atoms with E-state index in [2.05, 4.69) is 52.0 Å². The molecule has 2 aromatic rings. The third-order valence-corrected chi connectivity index (χ3v) is 5.80. The van der Waals surface area contributed by atoms with E-state index in [0.29, 0.717) is 37.9 Å². The Morgan fingerprint density at radius 1 is 1.07 bits per heavy atom. The van der Waals surface area contributed by atoms with E-state index in [1.165, 1.54) is 11.8 Å². The maximum Gasteiger partial charge on any atom is 0.276 e. The van der Waals surface area contributed by atoms with Gasteiger partial charge in [-0.3, -0.25) is 14.6 Å². The third kappa shape index (κ3) is 5.04. The lowest BCUT2D eigenvalue weighted by Crippen LogP contribution is -2.48. The molecule has 156 valence electrons. The second-order valence-corrected chi connectivity index (χ2v) is 7.80. The molecule has 0 bridgehead atoms. The molecule has 29 heavy (non-hydrogen) atoms. The first kappa shape index (κ1) is 20.1. The number of piperazine rings is 1. The minimum atomic E-state index is -0.0529. The van der Waals surface area contributed by atoms with Gasteiger partial charge >= 0.3 is 0 Å². The van der Waals surface area contributed by atoms with E-state index in [9.17, 15) is 4.79 Å². The van der Waals surface area contributed by atoms with Crippen LogP contribution in [0.25, 0.3) is 0 Å². The fourth-order valence-corrected chi connectivity index (χ4v) is 4.03. The average molecular weight is 399 g/mol. The number of nitrogens with zero attached hydrogens (tertiary/aromatic N) is 4. The summed E-state index contributed by atoms with van der Waals surface area (Å²) >= 11 is 0. The van der Waals surface area contributed by atoms with Crippen LogP contribution in [0.15, 0.2) is 41.0 Å². The Morgan fingerprint density at radius 3 is 2.52 bits per heavy atom. The van der Waals surface area contributed by atoms with Crippen molar-refractivity contribution in [2.45, 2.75) is 32.5 Å². The largest absolute Gasteiger partial charge is 0.447 e. The second-order valence-electron chi connectivity index (χ2n) is 7.80. The highest BCUT2D eigenvalue weighted by Gasteiger charge is 2.29. The van der Waals surface area contributed by atoms with E-state index in [1.54, 1.807) is 0 Å². The summed E-state index contributed by atoms with van der Waals surface area (Å²) in [6, 6.07) is 10.7. The van der Waals surface area contributed by atoms with Gasteiger partial charge in [-0.05, 0) is 12.0 Å². The number of carbonyl (C=O) groups is 1. The molecule has 2 saturated heterocycles. The molecule has 1 unspecified atom stereocenters. The van der Waals surface area contributed by atoms with Gasteiger partial charge in [0.25, 0.3) is 5.91 Å². The molecule has 0 N–H and O–H groups in total. The molecule has 0 saturated carbocycles. The van der Waals surface area contributed by atoms with E-state index >= 15 is 0 Å². The monoisotopic (exact) mass is 398 g/mol. The van der Waals surface area contributed by atoms with E-state index in [0.717, 1.165) is 39.1 Å². The van der Waals surface area contributed by atoms with Crippen molar-refractivity contribution in [1.82, 2.24) is 19.7 Å². The number of amides is 1. The standard InChI is InChI=1S/C22H30N4O3/c1-2-19-16-28-13-12-26(19)22(27)20-17-29-21(23-20)15-25-10-8-24(9-11-25)14-18-6-4-3-5-7-18/h3-7,17,19H,2,8-16H2,1H3. The van der Waals surface area contributed by atoms with Crippen molar-refractivity contribution in [3.63, 3.8) is 0 Å². The molecular formula is C22H30N4O3. The van der Waals surface area contributed by atoms with Crippen molar-refractivity contribution < 1.29 is 13.9 Å². The number of morpholine rings is 1. The summed E-state index contributed by atoms with van der Waals surface area (Å²) in [5, 5.41) is 0. The molecule has 1 aromatic carbocycles. The molecule has 2 fully saturated rings. The van der Waals surface area contributed by atoms with Gasteiger partial charge < -0.3 is 14.1 Å². The number of carbonyl (C=O) groups excluding carboxylic acids is 1. The Morgan fingerprint density at radius 2 is 1.79 bits per heavy atom. The Kier molecular flexibility index (Phi) is 6.59. The number of rotatable bonds is 6. The van der Waals surface area contributed by atoms with Crippen molar-refractivity contribution in [1.29, 1.82) is 0 Å². The van der Waals surface area contributed by atoms with Crippen LogP contribution in [0.3, 0.4) is 0 Å². The van der Waals surface area contributed by atoms with Crippen molar-refractivity contribution in [2.75, 3.05) is 45.9 Å². The maximum absolute atomic E-state index is 12.8. The molecule has 3 heterocycles. The van der Waals surface area contributed by atoms with E-state index in [-0.39, 0.29) is 11.9 Å². The number of benzene rings is 1. The number of ether oxygens (including phenoxy) is 1. The highest BCUT2D eigenvalue weighted by Crippen LogP contribution is 2.16. The van der Waals surface area contributed by atoms with Crippen LogP contribution >= 0.6 is 0 Å². The molecule has 1 aromatic heterocycles. The maximum atomic E-state index is 12.8. The fraction of sp³-hybridized carbons (Fsp3) is 0.545. The predicted molar refractivity (Wildman–Crippen MR) is 109 cm³/mol. The van der Waals surface area contributed by atoms with Crippen molar-refractivity contribution in [3.05, 3.63) is 53.7 Å². The summed E-state index contributed by atoms with van der Waals surface area (Å²) < 4.78 is 11.1. The minimum absolute atomic E-state index is 0.0529. The first-order valence-electron chi connectivity index (χ1n) is 10.5. The second kappa shape index (κ2) is 9.52. The Bertz CT molecular complexity index is 786. The van der Waals surface area contributed by atoms with E-state index in [4.69, 9.17) is 9.15 Å². The minimum Gasteiger partial charge on any atom is -0.447 e. The first-order chi connectivity index (χ1) is 14.2. The summed E-state index contributed by atoms with van der Waals surface area (Å²) in [5.74, 6) is 0.564. The molecule has 0 aliphatic carbocycles. The zero-order chi connectivity index (χ0) is 20.1. The molecule has 0 radical (unpaired) electrons. The summed E-state index contributed by atoms with van der Waals surface area (Å²) in [6.07, 6.45) is 2.38. The number of oxazole rings is 1. The van der Waals surface area contributed by atoms with Crippen molar-refractivity contribution >= 4 is 5.91 Å². The molecular weight excluding hydrogens is 368 g/mol. The lowest BCUT2D eigenvalue weighted by atomic mass is 10.1. The van der Waals surface area contributed by atoms with Gasteiger partial charge in [-0.2, -0.15) is 0 Å². The lowest BCUT2D eigenvalue weighted by Gasteiger charge is -2.34. The fourth-order valence-electron chi connectivity index (χ4n) is 4.03. The Hall–Kier alpha value is -2.22. The van der Waals surface area contributed by atoms with Gasteiger partial charge in [-0.25, -0.2) is 4.98 Å². The van der Waals surface area contributed by atoms with Gasteiger partial charge in [0, 0.05) is 39.3 Å². The quantitative estimate of drug-likeness (QED) is 0.744. The molecule has 4 rings (SSSR count). The molecule has 1 amide bonds. The van der Waals surface area contributed by atoms with Crippen LogP contribution in [-0.2, 0) is 17.8 Å². The zero-order valence-electron chi connectivity index (χ0n) is 17.1. The van der Waals surface area contributed by atoms with Gasteiger partial charge in [-0.1, -0.05) is 37.3 Å². The van der Waals surface area contributed by atoms with E-state index in [1.807, 2.05) is 4.90 Å². The van der Waals surface area contributed by atoms with E-state index < -0.39 is 0 Å². The van der Waals surface area contributed by atoms with Gasteiger partial charge in [0.1, 0.15) is 6.26 Å². The molecule has 0 spiro atoms. The van der Waals surface area contributed by atoms with Crippen LogP contribution in [0.1, 0.15) is 35.3 Å². The van der Waals surface area contributed by atoms with Gasteiger partial charge in [0.15, 0.2) is 5.69 Å². The van der Waals surface area contributed by atoms with Crippen LogP contribution in [0.4, 0.5) is 0 Å². The number of aromatic nitrogens is 1. The van der Waals surface area contributed by atoms with Crippen LogP contribution in [-0.4, -0.2) is 77.6 Å². The highest BCUT2D eigenvalue weighted by atomic mass is 16.5. The third-order valence-electron chi connectivity index (χ3n) is 5.80. The molecule has 7 heteroatoms. The Labute approximate surface area is 172 Å². The smallest absolute Gasteiger partial charge is 0.276 e. The number of hydrogen-bond donors (Lipinski definition) is 0. The molecule has 1 atom stereocenters. The molecule has 7 nitrogen and oxygen atoms in total. The van der Waals surface area contributed by atoms with Crippen LogP contribution < -0.4 is 0 Å². The zero-order valence-corrected chi connectivity index (χ0v) is 17.1. The lowest BCUT2D eigenvalue weighted by molar-refractivity contribution is -0.00311. The van der Waals surface area contributed by atoms with Gasteiger partial charge in [-0.15, -0.1) is 0 Å². The SMILES string of the molecule is CCC1COCCN1C(=O)c1coc(CN2CCN(Cc3ccccc3)CC2)n1. The topological polar surface area (TPSA) is 62.1 Å². The molecule has 2 aliphatic rings. The summed E-state index contributed by atoms with van der Waals surface area (Å²) in [4.78, 5) is 24.0. The molecule has 2 aliphatic heterocycles. The highest BCUT2D eigenvalue weighted by molar-refractivity contribution is 5.92. The van der Waals surface area contributed by atoms with Gasteiger partial charge in [0.05, 0.1) is 25.8 Å². The Balaban J connectivity index is 1.28. The number of hydrogen-bond acceptors (Lipinski definition) is 6. The van der Waals surface area contributed by atoms with Crippen LogP contribution in [0.2, 0.25) is 0 Å². The van der Waals surface area contributed by atoms with Crippen LogP contribution in [0, 0.1) is 0 Å². The van der Waals surface area contributed by atoms with Gasteiger partial charge in [0.2, 0.25) is 5.89 Å². The average Bonchev–Trinajstić information content (AvgIpc) is 3.24. The first-order valence-corrected chi connectivity index (χ1v) is 10.5.